The minimum absolute atomic E-state index is 0.000535. The molecule has 0 unspecified atom stereocenters. The van der Waals surface area contributed by atoms with E-state index in [1.807, 2.05) is 0 Å². The molecule has 0 saturated carbocycles. The number of carbonyl (C=O) groups excluding carboxylic acids is 1. The normalized spacial score (nSPS) is 10.4. The van der Waals surface area contributed by atoms with Gasteiger partial charge in [0.25, 0.3) is 0 Å². The van der Waals surface area contributed by atoms with Crippen molar-refractivity contribution >= 4 is 23.1 Å². The van der Waals surface area contributed by atoms with Gasteiger partial charge >= 0.3 is 0 Å². The molecule has 4 heteroatoms. The highest BCUT2D eigenvalue weighted by Crippen LogP contribution is 2.20. The van der Waals surface area contributed by atoms with Crippen LogP contribution in [-0.4, -0.2) is 5.78 Å². The number of nitrogen functional groups attached to an aromatic ring is 1. The monoisotopic (exact) mass is 263 g/mol. The van der Waals surface area contributed by atoms with E-state index in [1.165, 1.54) is 12.1 Å². The summed E-state index contributed by atoms with van der Waals surface area (Å²) in [6.45, 7) is 1.79. The highest BCUT2D eigenvalue weighted by molar-refractivity contribution is 6.30. The van der Waals surface area contributed by atoms with Crippen molar-refractivity contribution in [2.24, 2.45) is 0 Å². The molecular weight excluding hydrogens is 253 g/mol. The second-order valence-electron chi connectivity index (χ2n) is 4.03. The first-order valence-corrected chi connectivity index (χ1v) is 5.72. The maximum Gasteiger partial charge on any atom is 0.193 e. The Hall–Kier alpha value is -1.87. The maximum absolute atomic E-state index is 13.3. The molecule has 18 heavy (non-hydrogen) atoms. The number of hydrogen-bond acceptors (Lipinski definition) is 2. The van der Waals surface area contributed by atoms with E-state index >= 15 is 0 Å². The van der Waals surface area contributed by atoms with Crippen LogP contribution in [0.15, 0.2) is 36.4 Å². The van der Waals surface area contributed by atoms with Crippen LogP contribution < -0.4 is 5.73 Å². The molecule has 0 heterocycles. The maximum atomic E-state index is 13.3. The number of rotatable bonds is 2. The molecule has 2 aromatic rings. The second-order valence-corrected chi connectivity index (χ2v) is 4.44. The SMILES string of the molecule is Cc1cc(N)ccc1C(=O)c1ccc(Cl)c(F)c1. The van der Waals surface area contributed by atoms with Gasteiger partial charge in [0.2, 0.25) is 0 Å². The molecule has 0 aliphatic heterocycles. The highest BCUT2D eigenvalue weighted by Gasteiger charge is 2.13. The zero-order valence-electron chi connectivity index (χ0n) is 9.71. The van der Waals surface area contributed by atoms with E-state index in [-0.39, 0.29) is 16.4 Å². The molecule has 0 bridgehead atoms. The van der Waals surface area contributed by atoms with Crippen LogP contribution in [0.1, 0.15) is 21.5 Å². The van der Waals surface area contributed by atoms with Gasteiger partial charge in [-0.05, 0) is 48.9 Å². The number of hydrogen-bond donors (Lipinski definition) is 1. The predicted octanol–water partition coefficient (Wildman–Crippen LogP) is 3.60. The lowest BCUT2D eigenvalue weighted by molar-refractivity contribution is 0.103. The minimum Gasteiger partial charge on any atom is -0.399 e. The van der Waals surface area contributed by atoms with Crippen LogP contribution in [0.4, 0.5) is 10.1 Å². The first kappa shape index (κ1) is 12.6. The minimum atomic E-state index is -0.601. The number of halogens is 2. The lowest BCUT2D eigenvalue weighted by Gasteiger charge is -2.06. The fourth-order valence-corrected chi connectivity index (χ4v) is 1.85. The van der Waals surface area contributed by atoms with Crippen LogP contribution in [0.3, 0.4) is 0 Å². The molecular formula is C14H11ClFNO. The summed E-state index contributed by atoms with van der Waals surface area (Å²) in [4.78, 5) is 12.2. The van der Waals surface area contributed by atoms with Crippen LogP contribution in [0.5, 0.6) is 0 Å². The summed E-state index contributed by atoms with van der Waals surface area (Å²) >= 11 is 5.58. The Kier molecular flexibility index (Phi) is 3.34. The van der Waals surface area contributed by atoms with E-state index in [0.717, 1.165) is 11.6 Å². The molecule has 0 aromatic heterocycles. The van der Waals surface area contributed by atoms with Crippen molar-refractivity contribution in [1.29, 1.82) is 0 Å². The van der Waals surface area contributed by atoms with Crippen LogP contribution in [-0.2, 0) is 0 Å². The predicted molar refractivity (Wildman–Crippen MR) is 70.4 cm³/mol. The third-order valence-corrected chi connectivity index (χ3v) is 2.98. The number of anilines is 1. The van der Waals surface area contributed by atoms with Gasteiger partial charge in [-0.3, -0.25) is 4.79 Å². The number of carbonyl (C=O) groups is 1. The molecule has 0 aliphatic carbocycles. The summed E-state index contributed by atoms with van der Waals surface area (Å²) in [5, 5.41) is 0.000535. The van der Waals surface area contributed by atoms with Gasteiger partial charge in [0.15, 0.2) is 5.78 Å². The Morgan fingerprint density at radius 3 is 2.56 bits per heavy atom. The lowest BCUT2D eigenvalue weighted by Crippen LogP contribution is -2.04. The molecule has 2 nitrogen and oxygen atoms in total. The molecule has 2 aromatic carbocycles. The highest BCUT2D eigenvalue weighted by atomic mass is 35.5. The summed E-state index contributed by atoms with van der Waals surface area (Å²) in [6, 6.07) is 9.01. The summed E-state index contributed by atoms with van der Waals surface area (Å²) in [6.07, 6.45) is 0. The van der Waals surface area contributed by atoms with Crippen molar-refractivity contribution < 1.29 is 9.18 Å². The Balaban J connectivity index is 2.44. The van der Waals surface area contributed by atoms with Crippen LogP contribution in [0.2, 0.25) is 5.02 Å². The van der Waals surface area contributed by atoms with Crippen molar-refractivity contribution in [2.75, 3.05) is 5.73 Å². The van der Waals surface area contributed by atoms with Crippen LogP contribution in [0, 0.1) is 12.7 Å². The van der Waals surface area contributed by atoms with Gasteiger partial charge in [-0.2, -0.15) is 0 Å². The quantitative estimate of drug-likeness (QED) is 0.664. The number of ketones is 1. The van der Waals surface area contributed by atoms with Gasteiger partial charge in [0.1, 0.15) is 5.82 Å². The van der Waals surface area contributed by atoms with E-state index in [9.17, 15) is 9.18 Å². The Bertz CT molecular complexity index is 625. The molecule has 0 amide bonds. The van der Waals surface area contributed by atoms with Crippen molar-refractivity contribution in [3.05, 3.63) is 63.9 Å². The summed E-state index contributed by atoms with van der Waals surface area (Å²) in [5.41, 5.74) is 7.74. The molecule has 0 fully saturated rings. The summed E-state index contributed by atoms with van der Waals surface area (Å²) in [7, 11) is 0. The van der Waals surface area contributed by atoms with Crippen molar-refractivity contribution in [1.82, 2.24) is 0 Å². The fraction of sp³-hybridized carbons (Fsp3) is 0.0714. The van der Waals surface area contributed by atoms with Crippen LogP contribution >= 0.6 is 11.6 Å². The topological polar surface area (TPSA) is 43.1 Å². The summed E-state index contributed by atoms with van der Waals surface area (Å²) in [5.74, 6) is -0.848. The number of nitrogens with two attached hydrogens (primary N) is 1. The Morgan fingerprint density at radius 2 is 1.94 bits per heavy atom. The lowest BCUT2D eigenvalue weighted by atomic mass is 9.98. The van der Waals surface area contributed by atoms with Gasteiger partial charge < -0.3 is 5.73 Å². The van der Waals surface area contributed by atoms with Crippen molar-refractivity contribution in [3.8, 4) is 0 Å². The molecule has 2 N–H and O–H groups in total. The first-order chi connectivity index (χ1) is 8.49. The smallest absolute Gasteiger partial charge is 0.193 e. The van der Waals surface area contributed by atoms with E-state index in [1.54, 1.807) is 25.1 Å². The largest absolute Gasteiger partial charge is 0.399 e. The first-order valence-electron chi connectivity index (χ1n) is 5.35. The number of benzene rings is 2. The zero-order chi connectivity index (χ0) is 13.3. The average molecular weight is 264 g/mol. The van der Waals surface area contributed by atoms with E-state index in [0.29, 0.717) is 11.3 Å². The molecule has 0 saturated heterocycles. The van der Waals surface area contributed by atoms with Gasteiger partial charge in [-0.15, -0.1) is 0 Å². The van der Waals surface area contributed by atoms with Gasteiger partial charge in [-0.25, -0.2) is 4.39 Å². The zero-order valence-corrected chi connectivity index (χ0v) is 10.5. The van der Waals surface area contributed by atoms with Crippen molar-refractivity contribution in [2.45, 2.75) is 6.92 Å². The van der Waals surface area contributed by atoms with Crippen molar-refractivity contribution in [3.63, 3.8) is 0 Å². The summed E-state index contributed by atoms with van der Waals surface area (Å²) < 4.78 is 13.3. The van der Waals surface area contributed by atoms with E-state index < -0.39 is 5.82 Å². The van der Waals surface area contributed by atoms with Crippen LogP contribution in [0.25, 0.3) is 0 Å². The van der Waals surface area contributed by atoms with E-state index in [4.69, 9.17) is 17.3 Å². The van der Waals surface area contributed by atoms with E-state index in [2.05, 4.69) is 0 Å². The molecule has 92 valence electrons. The molecule has 0 aliphatic rings. The molecule has 0 radical (unpaired) electrons. The molecule has 0 spiro atoms. The Labute approximate surface area is 109 Å². The molecule has 2 rings (SSSR count). The van der Waals surface area contributed by atoms with Gasteiger partial charge in [0, 0.05) is 16.8 Å². The molecule has 0 atom stereocenters. The average Bonchev–Trinajstić information content (AvgIpc) is 2.32. The van der Waals surface area contributed by atoms with Gasteiger partial charge in [-0.1, -0.05) is 11.6 Å². The van der Waals surface area contributed by atoms with Gasteiger partial charge in [0.05, 0.1) is 5.02 Å². The fourth-order valence-electron chi connectivity index (χ4n) is 1.73. The second kappa shape index (κ2) is 4.78. The standard InChI is InChI=1S/C14H11ClFNO/c1-8-6-10(17)3-4-11(8)14(18)9-2-5-12(15)13(16)7-9/h2-7H,17H2,1H3. The number of aryl methyl sites for hydroxylation is 1. The third-order valence-electron chi connectivity index (χ3n) is 2.68. The Morgan fingerprint density at radius 1 is 1.22 bits per heavy atom. The third kappa shape index (κ3) is 2.36.